The fraction of sp³-hybridized carbons (Fsp3) is 0.300. The van der Waals surface area contributed by atoms with Gasteiger partial charge in [-0.3, -0.25) is 0 Å². The van der Waals surface area contributed by atoms with Crippen LogP contribution in [0.25, 0.3) is 11.3 Å². The van der Waals surface area contributed by atoms with Crippen molar-refractivity contribution in [2.24, 2.45) is 0 Å². The Kier molecular flexibility index (Phi) is 1.72. The van der Waals surface area contributed by atoms with Crippen molar-refractivity contribution in [3.63, 3.8) is 0 Å². The van der Waals surface area contributed by atoms with Crippen LogP contribution in [0.2, 0.25) is 0 Å². The van der Waals surface area contributed by atoms with E-state index in [1.807, 2.05) is 6.92 Å². The van der Waals surface area contributed by atoms with Crippen molar-refractivity contribution < 1.29 is 8.83 Å². The normalized spacial score (nSPS) is 10.9. The van der Waals surface area contributed by atoms with E-state index in [-0.39, 0.29) is 5.63 Å². The number of furan rings is 1. The van der Waals surface area contributed by atoms with E-state index >= 15 is 0 Å². The first-order valence-electron chi connectivity index (χ1n) is 4.22. The molecule has 0 radical (unpaired) electrons. The predicted octanol–water partition coefficient (Wildman–Crippen LogP) is 2.21. The Balaban J connectivity index is 2.85. The summed E-state index contributed by atoms with van der Waals surface area (Å²) in [6, 6.07) is 0. The molecule has 0 atom stereocenters. The van der Waals surface area contributed by atoms with Crippen LogP contribution in [0.4, 0.5) is 0 Å². The van der Waals surface area contributed by atoms with Crippen LogP contribution >= 0.6 is 0 Å². The quantitative estimate of drug-likeness (QED) is 0.672. The van der Waals surface area contributed by atoms with Crippen molar-refractivity contribution in [1.29, 1.82) is 0 Å². The molecule has 0 aromatic carbocycles. The van der Waals surface area contributed by atoms with Gasteiger partial charge >= 0.3 is 5.63 Å². The van der Waals surface area contributed by atoms with Crippen LogP contribution in [-0.2, 0) is 6.42 Å². The van der Waals surface area contributed by atoms with Gasteiger partial charge in [-0.25, -0.2) is 4.79 Å². The lowest BCUT2D eigenvalue weighted by molar-refractivity contribution is 0.489. The molecule has 0 amide bonds. The van der Waals surface area contributed by atoms with E-state index < -0.39 is 0 Å². The first kappa shape index (κ1) is 8.10. The lowest BCUT2D eigenvalue weighted by Gasteiger charge is -2.02. The van der Waals surface area contributed by atoms with Crippen LogP contribution in [-0.4, -0.2) is 0 Å². The summed E-state index contributed by atoms with van der Waals surface area (Å²) in [4.78, 5) is 11.2. The second kappa shape index (κ2) is 2.76. The monoisotopic (exact) mass is 178 g/mol. The van der Waals surface area contributed by atoms with Gasteiger partial charge in [-0.1, -0.05) is 6.92 Å². The molecule has 0 N–H and O–H groups in total. The van der Waals surface area contributed by atoms with Gasteiger partial charge < -0.3 is 8.83 Å². The summed E-state index contributed by atoms with van der Waals surface area (Å²) in [5.41, 5.74) is 2.31. The van der Waals surface area contributed by atoms with Gasteiger partial charge in [0.25, 0.3) is 0 Å². The molecule has 0 bridgehead atoms. The predicted molar refractivity (Wildman–Crippen MR) is 48.0 cm³/mol. The third-order valence-corrected chi connectivity index (χ3v) is 2.22. The Morgan fingerprint density at radius 2 is 2.15 bits per heavy atom. The molecule has 0 aliphatic carbocycles. The van der Waals surface area contributed by atoms with Gasteiger partial charge in [0.2, 0.25) is 0 Å². The standard InChI is InChI=1S/C10H10O3/c1-3-7-4-12-5-8-9(7)6(2)10(11)13-8/h4-5H,3H2,1-2H3. The highest BCUT2D eigenvalue weighted by atomic mass is 16.4. The minimum atomic E-state index is -0.272. The highest BCUT2D eigenvalue weighted by molar-refractivity contribution is 5.65. The minimum Gasteiger partial charge on any atom is -0.468 e. The molecule has 68 valence electrons. The van der Waals surface area contributed by atoms with Crippen molar-refractivity contribution in [2.75, 3.05) is 0 Å². The molecular weight excluding hydrogens is 168 g/mol. The third kappa shape index (κ3) is 1.08. The van der Waals surface area contributed by atoms with Gasteiger partial charge in [-0.15, -0.1) is 0 Å². The minimum absolute atomic E-state index is 0.272. The number of fused-ring (bicyclic) bond motifs is 1. The molecule has 3 nitrogen and oxygen atoms in total. The number of hydrogen-bond donors (Lipinski definition) is 0. The zero-order valence-corrected chi connectivity index (χ0v) is 7.59. The van der Waals surface area contributed by atoms with E-state index in [9.17, 15) is 4.79 Å². The van der Waals surface area contributed by atoms with E-state index in [4.69, 9.17) is 8.83 Å². The molecule has 0 aromatic rings. The first-order chi connectivity index (χ1) is 6.24. The molecule has 0 fully saturated rings. The van der Waals surface area contributed by atoms with Crippen molar-refractivity contribution >= 4 is 0 Å². The average Bonchev–Trinajstić information content (AvgIpc) is 2.43. The summed E-state index contributed by atoms with van der Waals surface area (Å²) in [7, 11) is 0. The molecule has 0 aromatic heterocycles. The maximum absolute atomic E-state index is 11.2. The molecule has 2 rings (SSSR count). The van der Waals surface area contributed by atoms with Gasteiger partial charge in [-0.05, 0) is 18.9 Å². The lowest BCUT2D eigenvalue weighted by Crippen LogP contribution is -1.95. The number of aryl methyl sites for hydroxylation is 1. The molecule has 2 aliphatic heterocycles. The molecule has 0 saturated heterocycles. The fourth-order valence-corrected chi connectivity index (χ4v) is 1.49. The molecule has 2 heterocycles. The van der Waals surface area contributed by atoms with Crippen LogP contribution in [0.5, 0.6) is 0 Å². The van der Waals surface area contributed by atoms with Crippen LogP contribution in [0.3, 0.4) is 0 Å². The van der Waals surface area contributed by atoms with Crippen molar-refractivity contribution in [3.8, 4) is 11.3 Å². The highest BCUT2D eigenvalue weighted by Crippen LogP contribution is 2.28. The van der Waals surface area contributed by atoms with E-state index in [0.29, 0.717) is 11.3 Å². The van der Waals surface area contributed by atoms with Crippen molar-refractivity contribution in [2.45, 2.75) is 20.3 Å². The summed E-state index contributed by atoms with van der Waals surface area (Å²) in [6.45, 7) is 3.79. The van der Waals surface area contributed by atoms with E-state index in [2.05, 4.69) is 0 Å². The SMILES string of the molecule is CCc1cocc2oc(=O)c(C)c1-2. The van der Waals surface area contributed by atoms with Gasteiger partial charge in [0.15, 0.2) is 5.76 Å². The number of rotatable bonds is 1. The van der Waals surface area contributed by atoms with Crippen molar-refractivity contribution in [3.05, 3.63) is 34.1 Å². The smallest absolute Gasteiger partial charge is 0.340 e. The van der Waals surface area contributed by atoms with E-state index in [0.717, 1.165) is 17.5 Å². The Labute approximate surface area is 75.3 Å². The maximum atomic E-state index is 11.2. The second-order valence-corrected chi connectivity index (χ2v) is 3.00. The Hall–Kier alpha value is -1.51. The lowest BCUT2D eigenvalue weighted by atomic mass is 10.0. The van der Waals surface area contributed by atoms with Crippen LogP contribution in [0.15, 0.2) is 26.2 Å². The highest BCUT2D eigenvalue weighted by Gasteiger charge is 2.17. The largest absolute Gasteiger partial charge is 0.468 e. The van der Waals surface area contributed by atoms with Crippen LogP contribution in [0.1, 0.15) is 18.1 Å². The molecule has 3 heteroatoms. The van der Waals surface area contributed by atoms with Gasteiger partial charge in [0.05, 0.1) is 6.26 Å². The van der Waals surface area contributed by atoms with E-state index in [1.54, 1.807) is 13.2 Å². The van der Waals surface area contributed by atoms with Crippen LogP contribution < -0.4 is 5.63 Å². The summed E-state index contributed by atoms with van der Waals surface area (Å²) in [5, 5.41) is 0. The Bertz CT molecular complexity index is 450. The third-order valence-electron chi connectivity index (χ3n) is 2.22. The van der Waals surface area contributed by atoms with Crippen LogP contribution in [0, 0.1) is 6.92 Å². The van der Waals surface area contributed by atoms with Crippen molar-refractivity contribution in [1.82, 2.24) is 0 Å². The van der Waals surface area contributed by atoms with Gasteiger partial charge in [0.1, 0.15) is 6.26 Å². The molecule has 13 heavy (non-hydrogen) atoms. The van der Waals surface area contributed by atoms with Gasteiger partial charge in [0, 0.05) is 11.1 Å². The zero-order chi connectivity index (χ0) is 9.42. The summed E-state index contributed by atoms with van der Waals surface area (Å²) in [5.74, 6) is 0.543. The summed E-state index contributed by atoms with van der Waals surface area (Å²) in [6.07, 6.45) is 3.95. The topological polar surface area (TPSA) is 43.4 Å². The zero-order valence-electron chi connectivity index (χ0n) is 7.59. The molecule has 2 aliphatic rings. The Morgan fingerprint density at radius 1 is 1.38 bits per heavy atom. The average molecular weight is 178 g/mol. The maximum Gasteiger partial charge on any atom is 0.340 e. The van der Waals surface area contributed by atoms with Gasteiger partial charge in [-0.2, -0.15) is 0 Å². The molecule has 0 saturated carbocycles. The molecular formula is C10H10O3. The molecule has 0 unspecified atom stereocenters. The Morgan fingerprint density at radius 3 is 2.85 bits per heavy atom. The second-order valence-electron chi connectivity index (χ2n) is 3.00. The molecule has 0 spiro atoms. The first-order valence-corrected chi connectivity index (χ1v) is 4.22. The van der Waals surface area contributed by atoms with E-state index in [1.165, 1.54) is 6.26 Å². The summed E-state index contributed by atoms with van der Waals surface area (Å²) >= 11 is 0. The summed E-state index contributed by atoms with van der Waals surface area (Å²) < 4.78 is 10.0. The number of hydrogen-bond acceptors (Lipinski definition) is 3. The fourth-order valence-electron chi connectivity index (χ4n) is 1.49.